The lowest BCUT2D eigenvalue weighted by Gasteiger charge is -2.01. The van der Waals surface area contributed by atoms with Gasteiger partial charge in [0, 0.05) is 12.4 Å². The molecule has 0 unspecified atom stereocenters. The second-order valence-corrected chi connectivity index (χ2v) is 5.80. The first-order valence-corrected chi connectivity index (χ1v) is 7.19. The fourth-order valence-electron chi connectivity index (χ4n) is 1.73. The third-order valence-electron chi connectivity index (χ3n) is 2.64. The number of hydrogen-bond donors (Lipinski definition) is 1. The topological polar surface area (TPSA) is 50.7 Å². The van der Waals surface area contributed by atoms with Gasteiger partial charge < -0.3 is 5.32 Å². The Labute approximate surface area is 125 Å². The Balaban J connectivity index is 1.90. The highest BCUT2D eigenvalue weighted by molar-refractivity contribution is 7.20. The standard InChI is InChI=1S/C14H11ClN4S/c1-9-5-7-17-11(8-9)18-14-19-12(13(15)20-14)10-4-2-3-6-16-10/h2-8H,1H3,(H,17,18,19). The summed E-state index contributed by atoms with van der Waals surface area (Å²) in [5.41, 5.74) is 2.58. The molecule has 3 heterocycles. The van der Waals surface area contributed by atoms with E-state index < -0.39 is 0 Å². The van der Waals surface area contributed by atoms with Gasteiger partial charge in [0.2, 0.25) is 0 Å². The van der Waals surface area contributed by atoms with Gasteiger partial charge in [-0.25, -0.2) is 9.97 Å². The summed E-state index contributed by atoms with van der Waals surface area (Å²) in [6.07, 6.45) is 3.48. The summed E-state index contributed by atoms with van der Waals surface area (Å²) in [7, 11) is 0. The number of pyridine rings is 2. The first-order chi connectivity index (χ1) is 9.72. The number of anilines is 2. The van der Waals surface area contributed by atoms with Crippen molar-refractivity contribution in [3.8, 4) is 11.4 Å². The highest BCUT2D eigenvalue weighted by Crippen LogP contribution is 2.35. The maximum atomic E-state index is 6.23. The molecule has 0 aliphatic rings. The van der Waals surface area contributed by atoms with Gasteiger partial charge in [-0.15, -0.1) is 0 Å². The molecular weight excluding hydrogens is 292 g/mol. The van der Waals surface area contributed by atoms with Crippen LogP contribution in [0.15, 0.2) is 42.7 Å². The van der Waals surface area contributed by atoms with Gasteiger partial charge in [-0.05, 0) is 36.8 Å². The van der Waals surface area contributed by atoms with Gasteiger partial charge in [0.1, 0.15) is 15.8 Å². The van der Waals surface area contributed by atoms with Crippen molar-refractivity contribution in [3.63, 3.8) is 0 Å². The molecule has 3 aromatic rings. The molecule has 0 spiro atoms. The van der Waals surface area contributed by atoms with E-state index >= 15 is 0 Å². The highest BCUT2D eigenvalue weighted by atomic mass is 35.5. The predicted octanol–water partition coefficient (Wildman–Crippen LogP) is 4.31. The largest absolute Gasteiger partial charge is 0.316 e. The first kappa shape index (κ1) is 13.0. The number of aryl methyl sites for hydroxylation is 1. The number of halogens is 1. The quantitative estimate of drug-likeness (QED) is 0.783. The van der Waals surface area contributed by atoms with Gasteiger partial charge in [0.25, 0.3) is 0 Å². The molecule has 0 atom stereocenters. The number of aromatic nitrogens is 3. The molecule has 0 saturated carbocycles. The van der Waals surface area contributed by atoms with E-state index in [1.165, 1.54) is 11.3 Å². The second-order valence-electron chi connectivity index (χ2n) is 4.20. The first-order valence-electron chi connectivity index (χ1n) is 6.00. The average Bonchev–Trinajstić information content (AvgIpc) is 2.80. The van der Waals surface area contributed by atoms with Gasteiger partial charge in [-0.2, -0.15) is 0 Å². The molecule has 0 radical (unpaired) electrons. The fraction of sp³-hybridized carbons (Fsp3) is 0.0714. The van der Waals surface area contributed by atoms with Gasteiger partial charge in [-0.1, -0.05) is 29.0 Å². The lowest BCUT2D eigenvalue weighted by Crippen LogP contribution is -1.93. The van der Waals surface area contributed by atoms with Gasteiger partial charge in [-0.3, -0.25) is 4.98 Å². The molecule has 0 aliphatic carbocycles. The smallest absolute Gasteiger partial charge is 0.190 e. The van der Waals surface area contributed by atoms with E-state index in [9.17, 15) is 0 Å². The monoisotopic (exact) mass is 302 g/mol. The Morgan fingerprint density at radius 3 is 2.80 bits per heavy atom. The minimum absolute atomic E-state index is 0.610. The number of hydrogen-bond acceptors (Lipinski definition) is 5. The third-order valence-corrected chi connectivity index (χ3v) is 3.81. The summed E-state index contributed by atoms with van der Waals surface area (Å²) in [6, 6.07) is 9.55. The Morgan fingerprint density at radius 2 is 2.05 bits per heavy atom. The van der Waals surface area contributed by atoms with Crippen LogP contribution in [0.2, 0.25) is 4.34 Å². The normalized spacial score (nSPS) is 10.5. The lowest BCUT2D eigenvalue weighted by molar-refractivity contribution is 1.25. The van der Waals surface area contributed by atoms with Crippen LogP contribution in [-0.4, -0.2) is 15.0 Å². The van der Waals surface area contributed by atoms with Crippen molar-refractivity contribution in [2.75, 3.05) is 5.32 Å². The summed E-state index contributed by atoms with van der Waals surface area (Å²) in [5, 5.41) is 3.86. The van der Waals surface area contributed by atoms with Crippen LogP contribution in [-0.2, 0) is 0 Å². The van der Waals surface area contributed by atoms with Crippen LogP contribution >= 0.6 is 22.9 Å². The molecule has 6 heteroatoms. The molecule has 100 valence electrons. The van der Waals surface area contributed by atoms with Gasteiger partial charge >= 0.3 is 0 Å². The van der Waals surface area contributed by atoms with Crippen LogP contribution in [0.1, 0.15) is 5.56 Å². The molecule has 0 bridgehead atoms. The van der Waals surface area contributed by atoms with Gasteiger partial charge in [0.15, 0.2) is 5.13 Å². The molecule has 1 N–H and O–H groups in total. The van der Waals surface area contributed by atoms with E-state index in [-0.39, 0.29) is 0 Å². The van der Waals surface area contributed by atoms with E-state index in [1.807, 2.05) is 37.3 Å². The highest BCUT2D eigenvalue weighted by Gasteiger charge is 2.12. The van der Waals surface area contributed by atoms with Gasteiger partial charge in [0.05, 0.1) is 5.69 Å². The van der Waals surface area contributed by atoms with Crippen molar-refractivity contribution in [1.29, 1.82) is 0 Å². The van der Waals surface area contributed by atoms with Crippen LogP contribution in [0.25, 0.3) is 11.4 Å². The van der Waals surface area contributed by atoms with E-state index in [0.29, 0.717) is 15.2 Å². The van der Waals surface area contributed by atoms with Crippen molar-refractivity contribution < 1.29 is 0 Å². The zero-order chi connectivity index (χ0) is 13.9. The molecule has 0 fully saturated rings. The van der Waals surface area contributed by atoms with Crippen LogP contribution < -0.4 is 5.32 Å². The minimum Gasteiger partial charge on any atom is -0.316 e. The average molecular weight is 303 g/mol. The predicted molar refractivity (Wildman–Crippen MR) is 82.6 cm³/mol. The molecule has 0 aromatic carbocycles. The summed E-state index contributed by atoms with van der Waals surface area (Å²) < 4.78 is 0.610. The molecular formula is C14H11ClN4S. The zero-order valence-electron chi connectivity index (χ0n) is 10.7. The Kier molecular flexibility index (Phi) is 3.62. The summed E-state index contributed by atoms with van der Waals surface area (Å²) in [5.74, 6) is 0.753. The molecule has 0 aliphatic heterocycles. The molecule has 0 amide bonds. The summed E-state index contributed by atoms with van der Waals surface area (Å²) >= 11 is 7.61. The van der Waals surface area contributed by atoms with E-state index in [1.54, 1.807) is 12.4 Å². The number of rotatable bonds is 3. The van der Waals surface area contributed by atoms with E-state index in [2.05, 4.69) is 20.3 Å². The summed E-state index contributed by atoms with van der Waals surface area (Å²) in [4.78, 5) is 13.0. The SMILES string of the molecule is Cc1ccnc(Nc2nc(-c3ccccn3)c(Cl)s2)c1. The Bertz CT molecular complexity index is 727. The van der Waals surface area contributed by atoms with Crippen molar-refractivity contribution in [1.82, 2.24) is 15.0 Å². The van der Waals surface area contributed by atoms with Crippen molar-refractivity contribution in [3.05, 3.63) is 52.6 Å². The zero-order valence-corrected chi connectivity index (χ0v) is 12.2. The fourth-order valence-corrected chi connectivity index (χ4v) is 2.80. The number of thiazole rings is 1. The van der Waals surface area contributed by atoms with Crippen LogP contribution in [0.3, 0.4) is 0 Å². The molecule has 3 aromatic heterocycles. The lowest BCUT2D eigenvalue weighted by atomic mass is 10.3. The second kappa shape index (κ2) is 5.56. The molecule has 4 nitrogen and oxygen atoms in total. The minimum atomic E-state index is 0.610. The maximum absolute atomic E-state index is 6.23. The van der Waals surface area contributed by atoms with Crippen LogP contribution in [0.5, 0.6) is 0 Å². The van der Waals surface area contributed by atoms with E-state index in [0.717, 1.165) is 17.1 Å². The molecule has 20 heavy (non-hydrogen) atoms. The maximum Gasteiger partial charge on any atom is 0.190 e. The van der Waals surface area contributed by atoms with Crippen molar-refractivity contribution >= 4 is 33.9 Å². The van der Waals surface area contributed by atoms with Crippen molar-refractivity contribution in [2.45, 2.75) is 6.92 Å². The van der Waals surface area contributed by atoms with Crippen molar-refractivity contribution in [2.24, 2.45) is 0 Å². The van der Waals surface area contributed by atoms with Crippen LogP contribution in [0.4, 0.5) is 10.9 Å². The summed E-state index contributed by atoms with van der Waals surface area (Å²) in [6.45, 7) is 2.01. The van der Waals surface area contributed by atoms with Crippen LogP contribution in [0, 0.1) is 6.92 Å². The molecule has 3 rings (SSSR count). The third kappa shape index (κ3) is 2.79. The number of nitrogens with one attached hydrogen (secondary N) is 1. The Hall–Kier alpha value is -1.98. The molecule has 0 saturated heterocycles. The Morgan fingerprint density at radius 1 is 1.15 bits per heavy atom. The van der Waals surface area contributed by atoms with E-state index in [4.69, 9.17) is 11.6 Å². The number of nitrogens with zero attached hydrogens (tertiary/aromatic N) is 3.